The molecule has 0 radical (unpaired) electrons. The third-order valence-electron chi connectivity index (χ3n) is 5.25. The first-order chi connectivity index (χ1) is 10.6. The fraction of sp³-hybridized carbons (Fsp3) is 0.647. The van der Waals surface area contributed by atoms with Crippen molar-refractivity contribution >= 4 is 6.03 Å². The minimum Gasteiger partial charge on any atom is -0.338 e. The Hall–Kier alpha value is -1.62. The molecular formula is C17H26N4O. The minimum atomic E-state index is 0.0241. The molecular weight excluding hydrogens is 276 g/mol. The Morgan fingerprint density at radius 3 is 2.86 bits per heavy atom. The largest absolute Gasteiger partial charge is 0.338 e. The zero-order valence-corrected chi connectivity index (χ0v) is 13.6. The summed E-state index contributed by atoms with van der Waals surface area (Å²) < 4.78 is 0. The fourth-order valence-electron chi connectivity index (χ4n) is 3.61. The molecule has 2 fully saturated rings. The van der Waals surface area contributed by atoms with Crippen LogP contribution < -0.4 is 5.32 Å². The van der Waals surface area contributed by atoms with E-state index in [1.165, 1.54) is 24.8 Å². The molecule has 2 aliphatic rings. The number of amides is 2. The topological polar surface area (TPSA) is 48.5 Å². The highest BCUT2D eigenvalue weighted by molar-refractivity contribution is 5.73. The van der Waals surface area contributed by atoms with Crippen molar-refractivity contribution in [3.63, 3.8) is 0 Å². The van der Waals surface area contributed by atoms with E-state index in [2.05, 4.69) is 21.3 Å². The lowest BCUT2D eigenvalue weighted by Crippen LogP contribution is -2.38. The van der Waals surface area contributed by atoms with Gasteiger partial charge in [0, 0.05) is 39.6 Å². The van der Waals surface area contributed by atoms with Crippen molar-refractivity contribution in [1.29, 1.82) is 0 Å². The van der Waals surface area contributed by atoms with Crippen molar-refractivity contribution in [1.82, 2.24) is 20.1 Å². The van der Waals surface area contributed by atoms with E-state index in [1.54, 1.807) is 19.0 Å². The highest BCUT2D eigenvalue weighted by atomic mass is 16.2. The monoisotopic (exact) mass is 302 g/mol. The molecule has 1 atom stereocenters. The zero-order valence-electron chi connectivity index (χ0n) is 13.6. The first-order valence-electron chi connectivity index (χ1n) is 8.15. The van der Waals surface area contributed by atoms with Crippen LogP contribution in [0.25, 0.3) is 0 Å². The molecule has 1 aromatic heterocycles. The predicted octanol–water partition coefficient (Wildman–Crippen LogP) is 1.95. The Labute approximate surface area is 132 Å². The molecule has 1 N–H and O–H groups in total. The van der Waals surface area contributed by atoms with Gasteiger partial charge in [-0.15, -0.1) is 0 Å². The van der Waals surface area contributed by atoms with Crippen molar-refractivity contribution in [3.05, 3.63) is 30.1 Å². The average Bonchev–Trinajstić information content (AvgIpc) is 3.21. The molecule has 1 saturated carbocycles. The van der Waals surface area contributed by atoms with Crippen LogP contribution in [0, 0.1) is 11.3 Å². The van der Waals surface area contributed by atoms with Gasteiger partial charge in [-0.3, -0.25) is 9.88 Å². The first-order valence-corrected chi connectivity index (χ1v) is 8.15. The maximum Gasteiger partial charge on any atom is 0.316 e. The number of nitrogens with one attached hydrogen (secondary N) is 1. The van der Waals surface area contributed by atoms with Crippen molar-refractivity contribution in [2.24, 2.45) is 11.3 Å². The Balaban J connectivity index is 1.42. The maximum absolute atomic E-state index is 11.6. The zero-order chi connectivity index (χ0) is 15.6. The van der Waals surface area contributed by atoms with E-state index in [0.29, 0.717) is 11.3 Å². The molecule has 5 nitrogen and oxygen atoms in total. The Morgan fingerprint density at radius 2 is 2.23 bits per heavy atom. The molecule has 2 heterocycles. The molecule has 2 amide bonds. The lowest BCUT2D eigenvalue weighted by molar-refractivity contribution is 0.155. The van der Waals surface area contributed by atoms with Gasteiger partial charge in [0.25, 0.3) is 0 Å². The molecule has 120 valence electrons. The van der Waals surface area contributed by atoms with Gasteiger partial charge < -0.3 is 10.2 Å². The smallest absolute Gasteiger partial charge is 0.316 e. The molecule has 1 spiro atoms. The normalized spacial score (nSPS) is 23.3. The first kappa shape index (κ1) is 15.3. The molecule has 1 saturated heterocycles. The van der Waals surface area contributed by atoms with Crippen LogP contribution >= 0.6 is 0 Å². The summed E-state index contributed by atoms with van der Waals surface area (Å²) >= 11 is 0. The van der Waals surface area contributed by atoms with Gasteiger partial charge in [-0.05, 0) is 55.3 Å². The summed E-state index contributed by atoms with van der Waals surface area (Å²) in [5, 5.41) is 3.03. The van der Waals surface area contributed by atoms with Crippen LogP contribution in [0.3, 0.4) is 0 Å². The van der Waals surface area contributed by atoms with E-state index in [-0.39, 0.29) is 6.03 Å². The Bertz CT molecular complexity index is 509. The predicted molar refractivity (Wildman–Crippen MR) is 86.4 cm³/mol. The number of likely N-dealkylation sites (tertiary alicyclic amines) is 1. The second kappa shape index (κ2) is 6.24. The van der Waals surface area contributed by atoms with E-state index in [1.807, 2.05) is 18.5 Å². The third kappa shape index (κ3) is 3.40. The van der Waals surface area contributed by atoms with Crippen LogP contribution in [-0.4, -0.2) is 54.5 Å². The Morgan fingerprint density at radius 1 is 1.45 bits per heavy atom. The highest BCUT2D eigenvalue weighted by Gasteiger charge is 2.54. The van der Waals surface area contributed by atoms with Crippen LogP contribution in [0.1, 0.15) is 24.8 Å². The summed E-state index contributed by atoms with van der Waals surface area (Å²) in [6.07, 6.45) is 7.58. The summed E-state index contributed by atoms with van der Waals surface area (Å²) in [6.45, 7) is 4.16. The maximum atomic E-state index is 11.6. The SMILES string of the molecule is CN(C)C(=O)NC[C@H]1CC12CCN(Cc1cccnc1)CC2. The van der Waals surface area contributed by atoms with E-state index in [0.717, 1.165) is 26.2 Å². The van der Waals surface area contributed by atoms with Gasteiger partial charge in [0.15, 0.2) is 0 Å². The minimum absolute atomic E-state index is 0.0241. The molecule has 3 rings (SSSR count). The van der Waals surface area contributed by atoms with Crippen LogP contribution in [0.15, 0.2) is 24.5 Å². The van der Waals surface area contributed by atoms with E-state index < -0.39 is 0 Å². The van der Waals surface area contributed by atoms with Crippen LogP contribution in [0.4, 0.5) is 4.79 Å². The van der Waals surface area contributed by atoms with Gasteiger partial charge in [0.1, 0.15) is 0 Å². The second-order valence-corrected chi connectivity index (χ2v) is 6.98. The summed E-state index contributed by atoms with van der Waals surface area (Å²) in [6, 6.07) is 4.18. The van der Waals surface area contributed by atoms with Crippen molar-refractivity contribution in [2.75, 3.05) is 33.7 Å². The second-order valence-electron chi connectivity index (χ2n) is 6.98. The summed E-state index contributed by atoms with van der Waals surface area (Å²) in [5.74, 6) is 0.678. The molecule has 5 heteroatoms. The number of hydrogen-bond acceptors (Lipinski definition) is 3. The fourth-order valence-corrected chi connectivity index (χ4v) is 3.61. The van der Waals surface area contributed by atoms with E-state index >= 15 is 0 Å². The molecule has 0 bridgehead atoms. The molecule has 1 aliphatic carbocycles. The quantitative estimate of drug-likeness (QED) is 0.925. The molecule has 0 unspecified atom stereocenters. The van der Waals surface area contributed by atoms with Gasteiger partial charge >= 0.3 is 6.03 Å². The summed E-state index contributed by atoms with van der Waals surface area (Å²) in [4.78, 5) is 19.9. The number of rotatable bonds is 4. The van der Waals surface area contributed by atoms with Gasteiger partial charge in [0.05, 0.1) is 0 Å². The van der Waals surface area contributed by atoms with Crippen molar-refractivity contribution < 1.29 is 4.79 Å². The number of hydrogen-bond donors (Lipinski definition) is 1. The third-order valence-corrected chi connectivity index (χ3v) is 5.25. The molecule has 0 aromatic carbocycles. The van der Waals surface area contributed by atoms with Crippen LogP contribution in [-0.2, 0) is 6.54 Å². The lowest BCUT2D eigenvalue weighted by Gasteiger charge is -2.33. The van der Waals surface area contributed by atoms with E-state index in [9.17, 15) is 4.79 Å². The highest BCUT2D eigenvalue weighted by Crippen LogP contribution is 2.59. The van der Waals surface area contributed by atoms with Gasteiger partial charge in [-0.25, -0.2) is 4.79 Å². The number of urea groups is 1. The Kier molecular flexibility index (Phi) is 4.34. The van der Waals surface area contributed by atoms with E-state index in [4.69, 9.17) is 0 Å². The number of carbonyl (C=O) groups is 1. The van der Waals surface area contributed by atoms with Gasteiger partial charge in [0.2, 0.25) is 0 Å². The van der Waals surface area contributed by atoms with Gasteiger partial charge in [-0.1, -0.05) is 6.07 Å². The molecule has 22 heavy (non-hydrogen) atoms. The van der Waals surface area contributed by atoms with Crippen molar-refractivity contribution in [2.45, 2.75) is 25.8 Å². The van der Waals surface area contributed by atoms with Crippen LogP contribution in [0.5, 0.6) is 0 Å². The number of piperidine rings is 1. The summed E-state index contributed by atoms with van der Waals surface area (Å²) in [5.41, 5.74) is 1.80. The number of nitrogens with zero attached hydrogens (tertiary/aromatic N) is 3. The van der Waals surface area contributed by atoms with Crippen molar-refractivity contribution in [3.8, 4) is 0 Å². The summed E-state index contributed by atoms with van der Waals surface area (Å²) in [7, 11) is 3.57. The van der Waals surface area contributed by atoms with Crippen LogP contribution in [0.2, 0.25) is 0 Å². The molecule has 1 aromatic rings. The average molecular weight is 302 g/mol. The van der Waals surface area contributed by atoms with Gasteiger partial charge in [-0.2, -0.15) is 0 Å². The number of pyridine rings is 1. The lowest BCUT2D eigenvalue weighted by atomic mass is 9.90. The standard InChI is InChI=1S/C17H26N4O/c1-20(2)16(22)19-12-15-10-17(15)5-8-21(9-6-17)13-14-4-3-7-18-11-14/h3-4,7,11,15H,5-6,8-10,12-13H2,1-2H3,(H,19,22)/t15-/m1/s1. The number of carbonyl (C=O) groups excluding carboxylic acids is 1. The number of aromatic nitrogens is 1. The molecule has 1 aliphatic heterocycles.